The Hall–Kier alpha value is -0.930. The number of hydrogen-bond acceptors (Lipinski definition) is 3. The Morgan fingerprint density at radius 2 is 2.00 bits per heavy atom. The molecule has 0 aliphatic carbocycles. The molecular formula is C9H11ClO3. The first-order chi connectivity index (χ1) is 6.22. The summed E-state index contributed by atoms with van der Waals surface area (Å²) in [6, 6.07) is 3.34. The zero-order valence-corrected chi connectivity index (χ0v) is 8.26. The third kappa shape index (κ3) is 2.05. The Labute approximate surface area is 81.9 Å². The van der Waals surface area contributed by atoms with Crippen molar-refractivity contribution in [2.45, 2.75) is 6.61 Å². The van der Waals surface area contributed by atoms with Crippen LogP contribution in [0.3, 0.4) is 0 Å². The summed E-state index contributed by atoms with van der Waals surface area (Å²) in [5, 5.41) is 9.38. The summed E-state index contributed by atoms with van der Waals surface area (Å²) >= 11 is 5.90. The van der Waals surface area contributed by atoms with Crippen LogP contribution in [-0.4, -0.2) is 19.3 Å². The first kappa shape index (κ1) is 10.2. The van der Waals surface area contributed by atoms with E-state index < -0.39 is 0 Å². The van der Waals surface area contributed by atoms with Gasteiger partial charge in [-0.15, -0.1) is 0 Å². The molecule has 1 aromatic carbocycles. The molecule has 0 atom stereocenters. The fourth-order valence-electron chi connectivity index (χ4n) is 1.01. The minimum atomic E-state index is -0.133. The molecule has 0 aliphatic rings. The predicted octanol–water partition coefficient (Wildman–Crippen LogP) is 1.85. The van der Waals surface area contributed by atoms with Crippen molar-refractivity contribution in [3.63, 3.8) is 0 Å². The van der Waals surface area contributed by atoms with Crippen LogP contribution in [0, 0.1) is 0 Å². The minimum Gasteiger partial charge on any atom is -0.497 e. The summed E-state index contributed by atoms with van der Waals surface area (Å²) in [6.45, 7) is -0.133. The van der Waals surface area contributed by atoms with Gasteiger partial charge in [0.25, 0.3) is 0 Å². The predicted molar refractivity (Wildman–Crippen MR) is 50.5 cm³/mol. The molecule has 1 aromatic rings. The van der Waals surface area contributed by atoms with Crippen LogP contribution in [0.5, 0.6) is 11.5 Å². The summed E-state index contributed by atoms with van der Waals surface area (Å²) in [6.07, 6.45) is 0. The molecule has 3 nitrogen and oxygen atoms in total. The lowest BCUT2D eigenvalue weighted by atomic mass is 10.2. The summed E-state index contributed by atoms with van der Waals surface area (Å²) in [5.41, 5.74) is 0.595. The van der Waals surface area contributed by atoms with Gasteiger partial charge in [-0.05, 0) is 6.07 Å². The molecular weight excluding hydrogens is 192 g/mol. The molecule has 72 valence electrons. The van der Waals surface area contributed by atoms with Crippen molar-refractivity contribution in [2.75, 3.05) is 14.2 Å². The Morgan fingerprint density at radius 3 is 2.46 bits per heavy atom. The number of halogens is 1. The van der Waals surface area contributed by atoms with Crippen molar-refractivity contribution in [2.24, 2.45) is 0 Å². The number of hydrogen-bond donors (Lipinski definition) is 1. The van der Waals surface area contributed by atoms with E-state index in [1.807, 2.05) is 0 Å². The maximum Gasteiger partial charge on any atom is 0.141 e. The van der Waals surface area contributed by atoms with Crippen molar-refractivity contribution in [3.05, 3.63) is 22.7 Å². The molecule has 0 heterocycles. The molecule has 0 aliphatic heterocycles. The van der Waals surface area contributed by atoms with Crippen LogP contribution in [0.1, 0.15) is 5.56 Å². The highest BCUT2D eigenvalue weighted by Gasteiger charge is 2.08. The van der Waals surface area contributed by atoms with Gasteiger partial charge in [0.1, 0.15) is 11.5 Å². The summed E-state index contributed by atoms with van der Waals surface area (Å²) in [7, 11) is 3.06. The van der Waals surface area contributed by atoms with Gasteiger partial charge in [0, 0.05) is 11.6 Å². The lowest BCUT2D eigenvalue weighted by Crippen LogP contribution is -1.93. The second kappa shape index (κ2) is 4.35. The molecule has 13 heavy (non-hydrogen) atoms. The third-order valence-electron chi connectivity index (χ3n) is 1.71. The van der Waals surface area contributed by atoms with Gasteiger partial charge < -0.3 is 14.6 Å². The zero-order chi connectivity index (χ0) is 9.84. The van der Waals surface area contributed by atoms with Crippen LogP contribution in [0.15, 0.2) is 12.1 Å². The van der Waals surface area contributed by atoms with Crippen molar-refractivity contribution in [1.82, 2.24) is 0 Å². The van der Waals surface area contributed by atoms with E-state index in [2.05, 4.69) is 0 Å². The monoisotopic (exact) mass is 202 g/mol. The highest BCUT2D eigenvalue weighted by molar-refractivity contribution is 6.32. The minimum absolute atomic E-state index is 0.133. The average molecular weight is 203 g/mol. The Morgan fingerprint density at radius 1 is 1.31 bits per heavy atom. The third-order valence-corrected chi connectivity index (χ3v) is 2.14. The smallest absolute Gasteiger partial charge is 0.141 e. The highest BCUT2D eigenvalue weighted by Crippen LogP contribution is 2.32. The Kier molecular flexibility index (Phi) is 3.39. The molecule has 0 radical (unpaired) electrons. The molecule has 0 amide bonds. The fourth-order valence-corrected chi connectivity index (χ4v) is 1.26. The van der Waals surface area contributed by atoms with Crippen molar-refractivity contribution < 1.29 is 14.6 Å². The topological polar surface area (TPSA) is 38.7 Å². The van der Waals surface area contributed by atoms with Gasteiger partial charge >= 0.3 is 0 Å². The number of ether oxygens (including phenoxy) is 2. The van der Waals surface area contributed by atoms with E-state index in [0.29, 0.717) is 22.1 Å². The van der Waals surface area contributed by atoms with Crippen molar-refractivity contribution >= 4 is 11.6 Å². The molecule has 4 heteroatoms. The molecule has 0 fully saturated rings. The molecule has 0 spiro atoms. The number of methoxy groups -OCH3 is 2. The second-order valence-corrected chi connectivity index (χ2v) is 2.84. The fraction of sp³-hybridized carbons (Fsp3) is 0.333. The second-order valence-electron chi connectivity index (χ2n) is 2.46. The van der Waals surface area contributed by atoms with Gasteiger partial charge in [-0.2, -0.15) is 0 Å². The largest absolute Gasteiger partial charge is 0.497 e. The van der Waals surface area contributed by atoms with Crippen LogP contribution >= 0.6 is 11.6 Å². The first-order valence-corrected chi connectivity index (χ1v) is 4.12. The van der Waals surface area contributed by atoms with Crippen LogP contribution in [-0.2, 0) is 6.61 Å². The maximum absolute atomic E-state index is 8.96. The Balaban J connectivity index is 3.20. The van der Waals surface area contributed by atoms with Gasteiger partial charge in [0.05, 0.1) is 25.8 Å². The van der Waals surface area contributed by atoms with Gasteiger partial charge in [-0.25, -0.2) is 0 Å². The molecule has 0 saturated carbocycles. The van der Waals surface area contributed by atoms with Crippen LogP contribution in [0.25, 0.3) is 0 Å². The molecule has 0 saturated heterocycles. The first-order valence-electron chi connectivity index (χ1n) is 3.74. The highest BCUT2D eigenvalue weighted by atomic mass is 35.5. The van der Waals surface area contributed by atoms with Crippen LogP contribution in [0.4, 0.5) is 0 Å². The summed E-state index contributed by atoms with van der Waals surface area (Å²) in [5.74, 6) is 1.12. The van der Waals surface area contributed by atoms with E-state index in [9.17, 15) is 0 Å². The number of rotatable bonds is 3. The number of aliphatic hydroxyl groups excluding tert-OH is 1. The zero-order valence-electron chi connectivity index (χ0n) is 7.50. The number of benzene rings is 1. The van der Waals surface area contributed by atoms with E-state index in [1.165, 1.54) is 7.11 Å². The average Bonchev–Trinajstić information content (AvgIpc) is 2.18. The maximum atomic E-state index is 8.96. The van der Waals surface area contributed by atoms with Crippen molar-refractivity contribution in [1.29, 1.82) is 0 Å². The van der Waals surface area contributed by atoms with E-state index in [0.717, 1.165) is 0 Å². The molecule has 0 bridgehead atoms. The van der Waals surface area contributed by atoms with Gasteiger partial charge in [-0.3, -0.25) is 0 Å². The normalized spacial score (nSPS) is 9.85. The molecule has 1 N–H and O–H groups in total. The SMILES string of the molecule is COc1cc(CO)c(Cl)c(OC)c1. The van der Waals surface area contributed by atoms with Crippen LogP contribution < -0.4 is 9.47 Å². The molecule has 0 aromatic heterocycles. The van der Waals surface area contributed by atoms with Gasteiger partial charge in [0.15, 0.2) is 0 Å². The van der Waals surface area contributed by atoms with E-state index >= 15 is 0 Å². The molecule has 1 rings (SSSR count). The van der Waals surface area contributed by atoms with E-state index in [-0.39, 0.29) is 6.61 Å². The number of aliphatic hydroxyl groups is 1. The lowest BCUT2D eigenvalue weighted by Gasteiger charge is -2.09. The summed E-state index contributed by atoms with van der Waals surface area (Å²) in [4.78, 5) is 0. The van der Waals surface area contributed by atoms with E-state index in [4.69, 9.17) is 26.2 Å². The van der Waals surface area contributed by atoms with Crippen LogP contribution in [0.2, 0.25) is 5.02 Å². The molecule has 0 unspecified atom stereocenters. The summed E-state index contributed by atoms with van der Waals surface area (Å²) < 4.78 is 10.0. The lowest BCUT2D eigenvalue weighted by molar-refractivity contribution is 0.280. The van der Waals surface area contributed by atoms with E-state index in [1.54, 1.807) is 19.2 Å². The standard InChI is InChI=1S/C9H11ClO3/c1-12-7-3-6(5-11)9(10)8(4-7)13-2/h3-4,11H,5H2,1-2H3. The van der Waals surface area contributed by atoms with Crippen molar-refractivity contribution in [3.8, 4) is 11.5 Å². The quantitative estimate of drug-likeness (QED) is 0.813. The van der Waals surface area contributed by atoms with Gasteiger partial charge in [-0.1, -0.05) is 11.6 Å². The van der Waals surface area contributed by atoms with Gasteiger partial charge in [0.2, 0.25) is 0 Å². The Bertz CT molecular complexity index is 274.